The van der Waals surface area contributed by atoms with E-state index in [1.54, 1.807) is 18.2 Å². The monoisotopic (exact) mass is 419 g/mol. The molecule has 1 saturated carbocycles. The summed E-state index contributed by atoms with van der Waals surface area (Å²) in [5.41, 5.74) is 0.458. The van der Waals surface area contributed by atoms with Crippen molar-refractivity contribution in [1.29, 1.82) is 0 Å². The molecule has 7 nitrogen and oxygen atoms in total. The van der Waals surface area contributed by atoms with Crippen LogP contribution in [0.15, 0.2) is 29.2 Å². The first-order valence-corrected chi connectivity index (χ1v) is 12.1. The highest BCUT2D eigenvalue weighted by Crippen LogP contribution is 2.30. The van der Waals surface area contributed by atoms with Crippen molar-refractivity contribution in [3.63, 3.8) is 0 Å². The van der Waals surface area contributed by atoms with Crippen LogP contribution in [-0.2, 0) is 19.6 Å². The van der Waals surface area contributed by atoms with Gasteiger partial charge in [-0.2, -0.15) is 4.31 Å². The molecular formula is C21H29N3O4S. The Bertz CT molecular complexity index is 874. The molecule has 8 heteroatoms. The second-order valence-electron chi connectivity index (χ2n) is 8.37. The van der Waals surface area contributed by atoms with E-state index in [1.807, 2.05) is 4.90 Å². The summed E-state index contributed by atoms with van der Waals surface area (Å²) in [6, 6.07) is 6.71. The summed E-state index contributed by atoms with van der Waals surface area (Å²) in [5, 5.41) is 2.83. The van der Waals surface area contributed by atoms with Gasteiger partial charge < -0.3 is 10.2 Å². The van der Waals surface area contributed by atoms with Gasteiger partial charge in [0.05, 0.1) is 10.8 Å². The molecule has 1 atom stereocenters. The zero-order chi connectivity index (χ0) is 20.4. The van der Waals surface area contributed by atoms with Crippen molar-refractivity contribution >= 4 is 27.5 Å². The van der Waals surface area contributed by atoms with Crippen molar-refractivity contribution in [3.05, 3.63) is 24.3 Å². The van der Waals surface area contributed by atoms with Crippen molar-refractivity contribution in [2.24, 2.45) is 5.92 Å². The number of hydrogen-bond donors (Lipinski definition) is 1. The molecule has 0 unspecified atom stereocenters. The van der Waals surface area contributed by atoms with Crippen molar-refractivity contribution in [1.82, 2.24) is 9.21 Å². The number of benzene rings is 1. The molecule has 1 aromatic rings. The Kier molecular flexibility index (Phi) is 5.92. The molecule has 3 aliphatic rings. The molecule has 4 rings (SSSR count). The molecule has 29 heavy (non-hydrogen) atoms. The fourth-order valence-corrected chi connectivity index (χ4v) is 6.27. The van der Waals surface area contributed by atoms with Crippen LogP contribution < -0.4 is 5.32 Å². The van der Waals surface area contributed by atoms with Gasteiger partial charge in [0, 0.05) is 37.8 Å². The molecule has 2 aliphatic heterocycles. The fraction of sp³-hybridized carbons (Fsp3) is 0.619. The molecule has 1 N–H and O–H groups in total. The number of nitrogens with one attached hydrogen (secondary N) is 1. The number of anilines is 1. The van der Waals surface area contributed by atoms with Crippen LogP contribution in [0.1, 0.15) is 51.4 Å². The van der Waals surface area contributed by atoms with Crippen molar-refractivity contribution in [2.45, 2.75) is 62.3 Å². The summed E-state index contributed by atoms with van der Waals surface area (Å²) < 4.78 is 27.3. The lowest BCUT2D eigenvalue weighted by Gasteiger charge is -2.26. The second-order valence-corrected chi connectivity index (χ2v) is 10.3. The van der Waals surface area contributed by atoms with Gasteiger partial charge in [0.15, 0.2) is 0 Å². The molecule has 0 aromatic heterocycles. The van der Waals surface area contributed by atoms with Gasteiger partial charge in [-0.25, -0.2) is 8.42 Å². The van der Waals surface area contributed by atoms with Crippen LogP contribution in [0.4, 0.5) is 5.69 Å². The Hall–Kier alpha value is -1.93. The maximum Gasteiger partial charge on any atom is 0.243 e. The van der Waals surface area contributed by atoms with E-state index >= 15 is 0 Å². The van der Waals surface area contributed by atoms with E-state index in [-0.39, 0.29) is 35.1 Å². The molecule has 2 amide bonds. The van der Waals surface area contributed by atoms with Gasteiger partial charge in [0.25, 0.3) is 0 Å². The van der Waals surface area contributed by atoms with E-state index in [4.69, 9.17) is 0 Å². The van der Waals surface area contributed by atoms with E-state index in [0.717, 1.165) is 44.9 Å². The largest absolute Gasteiger partial charge is 0.339 e. The lowest BCUT2D eigenvalue weighted by Crippen LogP contribution is -2.36. The first-order valence-electron chi connectivity index (χ1n) is 10.7. The SMILES string of the molecule is O=C(Nc1cccc(S(=O)(=O)N2CCCCC2)c1)[C@@H]1CC(=O)N(C2CCCC2)C1. The topological polar surface area (TPSA) is 86.8 Å². The summed E-state index contributed by atoms with van der Waals surface area (Å²) in [4.78, 5) is 27.2. The predicted molar refractivity (Wildman–Crippen MR) is 110 cm³/mol. The average Bonchev–Trinajstić information content (AvgIpc) is 3.38. The van der Waals surface area contributed by atoms with E-state index in [1.165, 1.54) is 10.4 Å². The average molecular weight is 420 g/mol. The normalized spacial score (nSPS) is 24.2. The highest BCUT2D eigenvalue weighted by Gasteiger charge is 2.38. The number of carbonyl (C=O) groups is 2. The molecule has 2 heterocycles. The molecular weight excluding hydrogens is 390 g/mol. The second kappa shape index (κ2) is 8.44. The smallest absolute Gasteiger partial charge is 0.243 e. The van der Waals surface area contributed by atoms with E-state index in [9.17, 15) is 18.0 Å². The lowest BCUT2D eigenvalue weighted by atomic mass is 10.1. The molecule has 0 bridgehead atoms. The van der Waals surface area contributed by atoms with Gasteiger partial charge in [0.2, 0.25) is 21.8 Å². The summed E-state index contributed by atoms with van der Waals surface area (Å²) in [7, 11) is -3.55. The molecule has 0 radical (unpaired) electrons. The maximum atomic E-state index is 12.9. The quantitative estimate of drug-likeness (QED) is 0.795. The number of likely N-dealkylation sites (tertiary alicyclic amines) is 1. The van der Waals surface area contributed by atoms with Gasteiger partial charge in [-0.1, -0.05) is 25.3 Å². The van der Waals surface area contributed by atoms with Crippen LogP contribution in [0.3, 0.4) is 0 Å². The number of hydrogen-bond acceptors (Lipinski definition) is 4. The number of nitrogens with zero attached hydrogens (tertiary/aromatic N) is 2. The summed E-state index contributed by atoms with van der Waals surface area (Å²) in [5.74, 6) is -0.546. The minimum absolute atomic E-state index is 0.0541. The Balaban J connectivity index is 1.42. The van der Waals surface area contributed by atoms with Crippen LogP contribution in [-0.4, -0.2) is 55.1 Å². The molecule has 0 spiro atoms. The Morgan fingerprint density at radius 1 is 1.03 bits per heavy atom. The highest BCUT2D eigenvalue weighted by molar-refractivity contribution is 7.89. The van der Waals surface area contributed by atoms with Crippen molar-refractivity contribution < 1.29 is 18.0 Å². The number of rotatable bonds is 5. The van der Waals surface area contributed by atoms with Gasteiger partial charge >= 0.3 is 0 Å². The van der Waals surface area contributed by atoms with Gasteiger partial charge in [-0.3, -0.25) is 9.59 Å². The number of carbonyl (C=O) groups excluding carboxylic acids is 2. The number of sulfonamides is 1. The third-order valence-electron chi connectivity index (χ3n) is 6.35. The number of amides is 2. The minimum atomic E-state index is -3.55. The molecule has 2 saturated heterocycles. The Morgan fingerprint density at radius 2 is 1.76 bits per heavy atom. The van der Waals surface area contributed by atoms with Crippen LogP contribution in [0.5, 0.6) is 0 Å². The molecule has 158 valence electrons. The molecule has 3 fully saturated rings. The predicted octanol–water partition coefficient (Wildman–Crippen LogP) is 2.59. The fourth-order valence-electron chi connectivity index (χ4n) is 4.71. The van der Waals surface area contributed by atoms with Crippen LogP contribution in [0, 0.1) is 5.92 Å². The summed E-state index contributed by atoms with van der Waals surface area (Å²) in [6.45, 7) is 1.54. The van der Waals surface area contributed by atoms with E-state index < -0.39 is 10.0 Å². The van der Waals surface area contributed by atoms with Gasteiger partial charge in [-0.15, -0.1) is 0 Å². The first kappa shape index (κ1) is 20.3. The van der Waals surface area contributed by atoms with Crippen LogP contribution in [0.2, 0.25) is 0 Å². The molecule has 1 aliphatic carbocycles. The van der Waals surface area contributed by atoms with Gasteiger partial charge in [-0.05, 0) is 43.9 Å². The zero-order valence-corrected chi connectivity index (χ0v) is 17.5. The van der Waals surface area contributed by atoms with Gasteiger partial charge in [0.1, 0.15) is 0 Å². The molecule has 1 aromatic carbocycles. The Labute approximate surface area is 172 Å². The third kappa shape index (κ3) is 4.33. The van der Waals surface area contributed by atoms with Crippen LogP contribution in [0.25, 0.3) is 0 Å². The van der Waals surface area contributed by atoms with E-state index in [0.29, 0.717) is 25.3 Å². The maximum absolute atomic E-state index is 12.9. The highest BCUT2D eigenvalue weighted by atomic mass is 32.2. The summed E-state index contributed by atoms with van der Waals surface area (Å²) >= 11 is 0. The first-order chi connectivity index (χ1) is 13.9. The zero-order valence-electron chi connectivity index (χ0n) is 16.7. The van der Waals surface area contributed by atoms with Crippen LogP contribution >= 0.6 is 0 Å². The third-order valence-corrected chi connectivity index (χ3v) is 8.24. The van der Waals surface area contributed by atoms with E-state index in [2.05, 4.69) is 5.32 Å². The standard InChI is InChI=1S/C21H29N3O4S/c25-20-13-16(15-24(20)18-8-2-3-9-18)21(26)22-17-7-6-10-19(14-17)29(27,28)23-11-4-1-5-12-23/h6-7,10,14,16,18H,1-5,8-9,11-13,15H2,(H,22,26)/t16-/m1/s1. The van der Waals surface area contributed by atoms with Crippen molar-refractivity contribution in [2.75, 3.05) is 25.0 Å². The van der Waals surface area contributed by atoms with Crippen molar-refractivity contribution in [3.8, 4) is 0 Å². The lowest BCUT2D eigenvalue weighted by molar-refractivity contribution is -0.129. The minimum Gasteiger partial charge on any atom is -0.339 e. The number of piperidine rings is 1. The Morgan fingerprint density at radius 3 is 2.48 bits per heavy atom. The summed E-state index contributed by atoms with van der Waals surface area (Å²) in [6.07, 6.45) is 7.38.